The van der Waals surface area contributed by atoms with E-state index in [9.17, 15) is 14.7 Å². The highest BCUT2D eigenvalue weighted by molar-refractivity contribution is 5.82. The number of carbonyl (C=O) groups excluding carboxylic acids is 1. The second-order valence-electron chi connectivity index (χ2n) is 4.77. The number of hydrogen-bond acceptors (Lipinski definition) is 3. The molecule has 0 aromatic carbocycles. The number of piperidine rings is 1. The average molecular weight is 258 g/mol. The first kappa shape index (κ1) is 14.8. The van der Waals surface area contributed by atoms with E-state index in [0.29, 0.717) is 18.9 Å². The van der Waals surface area contributed by atoms with E-state index >= 15 is 0 Å². The van der Waals surface area contributed by atoms with Crippen LogP contribution >= 0.6 is 0 Å². The third kappa shape index (κ3) is 3.35. The highest BCUT2D eigenvalue weighted by atomic mass is 16.4. The van der Waals surface area contributed by atoms with Crippen molar-refractivity contribution in [2.75, 3.05) is 26.7 Å². The third-order valence-corrected chi connectivity index (χ3v) is 3.58. The first-order chi connectivity index (χ1) is 8.51. The van der Waals surface area contributed by atoms with Crippen LogP contribution in [0.3, 0.4) is 0 Å². The van der Waals surface area contributed by atoms with E-state index in [4.69, 9.17) is 5.11 Å². The molecule has 0 aromatic heterocycles. The molecule has 2 unspecified atom stereocenters. The lowest BCUT2D eigenvalue weighted by molar-refractivity contribution is -0.144. The minimum atomic E-state index is -0.945. The highest BCUT2D eigenvalue weighted by Gasteiger charge is 2.36. The number of likely N-dealkylation sites (N-methyl/N-ethyl adjacent to an activating group) is 1. The number of carboxylic acids is 1. The van der Waals surface area contributed by atoms with Crippen LogP contribution in [-0.4, -0.2) is 64.8 Å². The van der Waals surface area contributed by atoms with Crippen LogP contribution in [0.2, 0.25) is 0 Å². The van der Waals surface area contributed by atoms with E-state index < -0.39 is 12.0 Å². The van der Waals surface area contributed by atoms with Crippen LogP contribution in [0, 0.1) is 5.92 Å². The molecule has 0 bridgehead atoms. The molecule has 0 radical (unpaired) electrons. The summed E-state index contributed by atoms with van der Waals surface area (Å²) in [4.78, 5) is 26.1. The quantitative estimate of drug-likeness (QED) is 0.774. The molecule has 1 heterocycles. The number of carbonyl (C=O) groups is 2. The molecule has 6 nitrogen and oxygen atoms in total. The van der Waals surface area contributed by atoms with Gasteiger partial charge in [0.1, 0.15) is 6.04 Å². The Morgan fingerprint density at radius 3 is 2.61 bits per heavy atom. The molecule has 1 aliphatic rings. The van der Waals surface area contributed by atoms with Gasteiger partial charge in [-0.05, 0) is 18.8 Å². The Labute approximate surface area is 107 Å². The molecule has 2 atom stereocenters. The van der Waals surface area contributed by atoms with Crippen molar-refractivity contribution < 1.29 is 19.8 Å². The van der Waals surface area contributed by atoms with E-state index in [1.54, 1.807) is 7.05 Å². The summed E-state index contributed by atoms with van der Waals surface area (Å²) in [5.41, 5.74) is 0. The zero-order valence-corrected chi connectivity index (χ0v) is 11.0. The maximum atomic E-state index is 12.1. The zero-order chi connectivity index (χ0) is 13.7. The van der Waals surface area contributed by atoms with E-state index in [1.165, 1.54) is 9.80 Å². The first-order valence-corrected chi connectivity index (χ1v) is 6.36. The van der Waals surface area contributed by atoms with E-state index in [2.05, 4.69) is 0 Å². The lowest BCUT2D eigenvalue weighted by atomic mass is 9.89. The topological polar surface area (TPSA) is 81.1 Å². The summed E-state index contributed by atoms with van der Waals surface area (Å²) in [6.07, 6.45) is 2.31. The molecule has 18 heavy (non-hydrogen) atoms. The predicted octanol–water partition coefficient (Wildman–Crippen LogP) is 0.606. The van der Waals surface area contributed by atoms with Crippen LogP contribution in [0.4, 0.5) is 4.79 Å². The number of rotatable bonds is 4. The molecule has 2 N–H and O–H groups in total. The summed E-state index contributed by atoms with van der Waals surface area (Å²) in [7, 11) is 1.57. The first-order valence-electron chi connectivity index (χ1n) is 6.36. The molecule has 1 fully saturated rings. The van der Waals surface area contributed by atoms with Crippen molar-refractivity contribution in [1.29, 1.82) is 0 Å². The molecule has 2 amide bonds. The predicted molar refractivity (Wildman–Crippen MR) is 66.3 cm³/mol. The van der Waals surface area contributed by atoms with Crippen LogP contribution in [0.25, 0.3) is 0 Å². The SMILES string of the molecule is CCC1CCN(C(=O)N(C)CCO)C(C(=O)O)C1. The van der Waals surface area contributed by atoms with Crippen LogP contribution < -0.4 is 0 Å². The number of aliphatic carboxylic acids is 1. The van der Waals surface area contributed by atoms with Gasteiger partial charge in [0.25, 0.3) is 0 Å². The third-order valence-electron chi connectivity index (χ3n) is 3.58. The van der Waals surface area contributed by atoms with Crippen molar-refractivity contribution >= 4 is 12.0 Å². The smallest absolute Gasteiger partial charge is 0.326 e. The largest absolute Gasteiger partial charge is 0.480 e. The summed E-state index contributed by atoms with van der Waals surface area (Å²) >= 11 is 0. The van der Waals surface area contributed by atoms with Crippen molar-refractivity contribution in [1.82, 2.24) is 9.80 Å². The van der Waals surface area contributed by atoms with Gasteiger partial charge in [-0.15, -0.1) is 0 Å². The second-order valence-corrected chi connectivity index (χ2v) is 4.77. The molecular formula is C12H22N2O4. The molecule has 1 saturated heterocycles. The van der Waals surface area contributed by atoms with Gasteiger partial charge in [0.15, 0.2) is 0 Å². The van der Waals surface area contributed by atoms with Crippen molar-refractivity contribution in [3.63, 3.8) is 0 Å². The van der Waals surface area contributed by atoms with Crippen LogP contribution in [0.1, 0.15) is 26.2 Å². The summed E-state index contributed by atoms with van der Waals surface area (Å²) in [6, 6.07) is -1.05. The van der Waals surface area contributed by atoms with Gasteiger partial charge < -0.3 is 20.0 Å². The number of aliphatic hydroxyl groups excluding tert-OH is 1. The molecule has 0 spiro atoms. The Balaban J connectivity index is 2.73. The molecular weight excluding hydrogens is 236 g/mol. The average Bonchev–Trinajstić information content (AvgIpc) is 2.37. The van der Waals surface area contributed by atoms with Crippen molar-refractivity contribution in [3.05, 3.63) is 0 Å². The number of nitrogens with zero attached hydrogens (tertiary/aromatic N) is 2. The molecule has 0 aromatic rings. The maximum absolute atomic E-state index is 12.1. The fourth-order valence-corrected chi connectivity index (χ4v) is 2.34. The van der Waals surface area contributed by atoms with Crippen LogP contribution in [0.15, 0.2) is 0 Å². The Morgan fingerprint density at radius 2 is 2.11 bits per heavy atom. The lowest BCUT2D eigenvalue weighted by Gasteiger charge is -2.38. The Hall–Kier alpha value is -1.30. The molecule has 104 valence electrons. The number of urea groups is 1. The van der Waals surface area contributed by atoms with Crippen LogP contribution in [0.5, 0.6) is 0 Å². The minimum Gasteiger partial charge on any atom is -0.480 e. The van der Waals surface area contributed by atoms with Gasteiger partial charge in [0.05, 0.1) is 6.61 Å². The number of aliphatic hydroxyl groups is 1. The normalized spacial score (nSPS) is 23.8. The molecule has 1 rings (SSSR count). The fraction of sp³-hybridized carbons (Fsp3) is 0.833. The zero-order valence-electron chi connectivity index (χ0n) is 11.0. The van der Waals surface area contributed by atoms with E-state index in [1.807, 2.05) is 6.92 Å². The molecule has 0 aliphatic carbocycles. The number of likely N-dealkylation sites (tertiary alicyclic amines) is 1. The summed E-state index contributed by atoms with van der Waals surface area (Å²) in [5, 5.41) is 18.0. The van der Waals surface area contributed by atoms with E-state index in [-0.39, 0.29) is 19.2 Å². The standard InChI is InChI=1S/C12H22N2O4/c1-3-9-4-5-14(10(8-9)11(16)17)12(18)13(2)6-7-15/h9-10,15H,3-8H2,1-2H3,(H,16,17). The maximum Gasteiger partial charge on any atom is 0.326 e. The van der Waals surface area contributed by atoms with Gasteiger partial charge in [0.2, 0.25) is 0 Å². The van der Waals surface area contributed by atoms with E-state index in [0.717, 1.165) is 12.8 Å². The van der Waals surface area contributed by atoms with Gasteiger partial charge in [-0.25, -0.2) is 9.59 Å². The highest BCUT2D eigenvalue weighted by Crippen LogP contribution is 2.26. The monoisotopic (exact) mass is 258 g/mol. The molecule has 6 heteroatoms. The van der Waals surface area contributed by atoms with Crippen molar-refractivity contribution in [2.45, 2.75) is 32.2 Å². The van der Waals surface area contributed by atoms with Gasteiger partial charge >= 0.3 is 12.0 Å². The second kappa shape index (κ2) is 6.58. The van der Waals surface area contributed by atoms with Gasteiger partial charge in [-0.3, -0.25) is 0 Å². The van der Waals surface area contributed by atoms with Gasteiger partial charge in [0, 0.05) is 20.1 Å². The molecule has 1 aliphatic heterocycles. The Kier molecular flexibility index (Phi) is 5.40. The lowest BCUT2D eigenvalue weighted by Crippen LogP contribution is -2.54. The number of amides is 2. The fourth-order valence-electron chi connectivity index (χ4n) is 2.34. The van der Waals surface area contributed by atoms with Crippen molar-refractivity contribution in [2.24, 2.45) is 5.92 Å². The van der Waals surface area contributed by atoms with Gasteiger partial charge in [-0.1, -0.05) is 13.3 Å². The Morgan fingerprint density at radius 1 is 1.44 bits per heavy atom. The van der Waals surface area contributed by atoms with Crippen LogP contribution in [-0.2, 0) is 4.79 Å². The number of hydrogen-bond donors (Lipinski definition) is 2. The minimum absolute atomic E-state index is 0.120. The summed E-state index contributed by atoms with van der Waals surface area (Å²) < 4.78 is 0. The molecule has 0 saturated carbocycles. The van der Waals surface area contributed by atoms with Gasteiger partial charge in [-0.2, -0.15) is 0 Å². The number of carboxylic acid groups (broad SMARTS) is 1. The Bertz CT molecular complexity index is 308. The summed E-state index contributed by atoms with van der Waals surface area (Å²) in [5.74, 6) is -0.572. The summed E-state index contributed by atoms with van der Waals surface area (Å²) in [6.45, 7) is 2.62. The van der Waals surface area contributed by atoms with Crippen molar-refractivity contribution in [3.8, 4) is 0 Å².